The van der Waals surface area contributed by atoms with Gasteiger partial charge in [-0.05, 0) is 18.1 Å². The van der Waals surface area contributed by atoms with E-state index in [1.54, 1.807) is 0 Å². The molecule has 8 heteroatoms. The van der Waals surface area contributed by atoms with E-state index in [0.717, 1.165) is 11.1 Å². The third-order valence-corrected chi connectivity index (χ3v) is 4.51. The van der Waals surface area contributed by atoms with E-state index in [4.69, 9.17) is 14.6 Å². The summed E-state index contributed by atoms with van der Waals surface area (Å²) >= 11 is 0. The highest BCUT2D eigenvalue weighted by molar-refractivity contribution is 5.24. The molecule has 1 fully saturated rings. The standard InChI is InChI=1S/C18H22N2O6/c1-11-4-2-3-5-12(11)9-25-10-13-7-20(18(24)19-17(13)23)16-6-14(22)15(8-21)26-16/h2-5,7,14-16,21-22H,6,8-10H2,1H3,(H,19,23,24)/t14?,15-,16-/m1/s1. The molecular weight excluding hydrogens is 340 g/mol. The Hall–Kier alpha value is -2.26. The first kappa shape index (κ1) is 18.5. The summed E-state index contributed by atoms with van der Waals surface area (Å²) < 4.78 is 12.3. The van der Waals surface area contributed by atoms with Crippen LogP contribution < -0.4 is 11.2 Å². The van der Waals surface area contributed by atoms with Crippen LogP contribution in [-0.4, -0.2) is 38.6 Å². The lowest BCUT2D eigenvalue weighted by molar-refractivity contribution is -0.0461. The molecule has 1 aliphatic heterocycles. The van der Waals surface area contributed by atoms with E-state index >= 15 is 0 Å². The summed E-state index contributed by atoms with van der Waals surface area (Å²) in [7, 11) is 0. The first-order valence-electron chi connectivity index (χ1n) is 8.40. The van der Waals surface area contributed by atoms with Crippen LogP contribution in [0.4, 0.5) is 0 Å². The van der Waals surface area contributed by atoms with Crippen molar-refractivity contribution in [3.63, 3.8) is 0 Å². The molecule has 3 atom stereocenters. The van der Waals surface area contributed by atoms with Gasteiger partial charge in [0.15, 0.2) is 0 Å². The predicted molar refractivity (Wildman–Crippen MR) is 92.6 cm³/mol. The number of rotatable bonds is 6. The predicted octanol–water partition coefficient (Wildman–Crippen LogP) is 0.203. The second-order valence-electron chi connectivity index (χ2n) is 6.35. The quantitative estimate of drug-likeness (QED) is 0.677. The number of benzene rings is 1. The Morgan fingerprint density at radius 2 is 2.00 bits per heavy atom. The molecule has 0 bridgehead atoms. The van der Waals surface area contributed by atoms with Gasteiger partial charge in [0, 0.05) is 12.6 Å². The van der Waals surface area contributed by atoms with Crippen LogP contribution in [0, 0.1) is 6.92 Å². The lowest BCUT2D eigenvalue weighted by atomic mass is 10.1. The number of aromatic nitrogens is 2. The van der Waals surface area contributed by atoms with E-state index in [2.05, 4.69) is 4.98 Å². The van der Waals surface area contributed by atoms with Crippen LogP contribution in [0.3, 0.4) is 0 Å². The van der Waals surface area contributed by atoms with Crippen molar-refractivity contribution in [2.24, 2.45) is 0 Å². The van der Waals surface area contributed by atoms with Gasteiger partial charge >= 0.3 is 5.69 Å². The van der Waals surface area contributed by atoms with Gasteiger partial charge in [0.25, 0.3) is 5.56 Å². The highest BCUT2D eigenvalue weighted by atomic mass is 16.5. The first-order valence-corrected chi connectivity index (χ1v) is 8.40. The highest BCUT2D eigenvalue weighted by Crippen LogP contribution is 2.27. The fourth-order valence-corrected chi connectivity index (χ4v) is 2.94. The molecule has 1 aliphatic rings. The Morgan fingerprint density at radius 3 is 2.69 bits per heavy atom. The average Bonchev–Trinajstić information content (AvgIpc) is 2.99. The second-order valence-corrected chi connectivity index (χ2v) is 6.35. The largest absolute Gasteiger partial charge is 0.394 e. The van der Waals surface area contributed by atoms with E-state index in [1.165, 1.54) is 10.8 Å². The molecule has 1 aromatic carbocycles. The minimum atomic E-state index is -0.871. The first-order chi connectivity index (χ1) is 12.5. The molecule has 2 heterocycles. The number of hydrogen-bond acceptors (Lipinski definition) is 6. The van der Waals surface area contributed by atoms with Crippen LogP contribution in [0.25, 0.3) is 0 Å². The smallest absolute Gasteiger partial charge is 0.330 e. The molecule has 0 spiro atoms. The van der Waals surface area contributed by atoms with Crippen molar-refractivity contribution in [2.75, 3.05) is 6.61 Å². The number of hydrogen-bond donors (Lipinski definition) is 3. The Labute approximate surface area is 149 Å². The third kappa shape index (κ3) is 3.94. The molecule has 0 radical (unpaired) electrons. The number of aliphatic hydroxyl groups is 2. The summed E-state index contributed by atoms with van der Waals surface area (Å²) in [5, 5.41) is 19.0. The van der Waals surface area contributed by atoms with Crippen molar-refractivity contribution in [1.82, 2.24) is 9.55 Å². The molecule has 1 saturated heterocycles. The normalized spacial score (nSPS) is 22.7. The molecular formula is C18H22N2O6. The van der Waals surface area contributed by atoms with Crippen LogP contribution >= 0.6 is 0 Å². The van der Waals surface area contributed by atoms with Crippen LogP contribution in [-0.2, 0) is 22.7 Å². The molecule has 0 aliphatic carbocycles. The van der Waals surface area contributed by atoms with Crippen LogP contribution in [0.1, 0.15) is 29.3 Å². The van der Waals surface area contributed by atoms with Crippen LogP contribution in [0.15, 0.2) is 40.1 Å². The van der Waals surface area contributed by atoms with Gasteiger partial charge in [-0.2, -0.15) is 0 Å². The number of aliphatic hydroxyl groups excluding tert-OH is 2. The highest BCUT2D eigenvalue weighted by Gasteiger charge is 2.35. The molecule has 26 heavy (non-hydrogen) atoms. The number of aromatic amines is 1. The van der Waals surface area contributed by atoms with Gasteiger partial charge in [0.05, 0.1) is 31.5 Å². The molecule has 140 valence electrons. The maximum atomic E-state index is 12.1. The van der Waals surface area contributed by atoms with E-state index in [9.17, 15) is 14.7 Å². The number of aryl methyl sites for hydroxylation is 1. The number of H-pyrrole nitrogens is 1. The van der Waals surface area contributed by atoms with Crippen molar-refractivity contribution in [3.8, 4) is 0 Å². The summed E-state index contributed by atoms with van der Waals surface area (Å²) in [6.07, 6.45) is -0.831. The van der Waals surface area contributed by atoms with E-state index in [-0.39, 0.29) is 25.2 Å². The van der Waals surface area contributed by atoms with Crippen LogP contribution in [0.5, 0.6) is 0 Å². The minimum Gasteiger partial charge on any atom is -0.394 e. The van der Waals surface area contributed by atoms with E-state index in [1.807, 2.05) is 31.2 Å². The van der Waals surface area contributed by atoms with Crippen molar-refractivity contribution in [1.29, 1.82) is 0 Å². The van der Waals surface area contributed by atoms with Gasteiger partial charge in [-0.15, -0.1) is 0 Å². The maximum absolute atomic E-state index is 12.1. The van der Waals surface area contributed by atoms with Gasteiger partial charge in [-0.3, -0.25) is 14.3 Å². The molecule has 3 rings (SSSR count). The van der Waals surface area contributed by atoms with Gasteiger partial charge in [-0.25, -0.2) is 4.79 Å². The molecule has 1 aromatic heterocycles. The van der Waals surface area contributed by atoms with Gasteiger partial charge in [0.2, 0.25) is 0 Å². The summed E-state index contributed by atoms with van der Waals surface area (Å²) in [5.41, 5.74) is 1.24. The Morgan fingerprint density at radius 1 is 1.27 bits per heavy atom. The molecule has 8 nitrogen and oxygen atoms in total. The molecule has 0 saturated carbocycles. The fraction of sp³-hybridized carbons (Fsp3) is 0.444. The molecule has 0 amide bonds. The van der Waals surface area contributed by atoms with Crippen molar-refractivity contribution in [3.05, 3.63) is 68.0 Å². The summed E-state index contributed by atoms with van der Waals surface area (Å²) in [5.74, 6) is 0. The van der Waals surface area contributed by atoms with Crippen molar-refractivity contribution in [2.45, 2.75) is 45.0 Å². The SMILES string of the molecule is Cc1ccccc1COCc1cn([C@H]2CC(O)[C@@H](CO)O2)c(=O)[nH]c1=O. The number of nitrogens with one attached hydrogen (secondary N) is 1. The van der Waals surface area contributed by atoms with Crippen LogP contribution in [0.2, 0.25) is 0 Å². The zero-order valence-corrected chi connectivity index (χ0v) is 14.4. The Kier molecular flexibility index (Phi) is 5.67. The van der Waals surface area contributed by atoms with Gasteiger partial charge < -0.3 is 19.7 Å². The zero-order valence-electron chi connectivity index (χ0n) is 14.4. The Balaban J connectivity index is 1.73. The molecule has 2 aromatic rings. The minimum absolute atomic E-state index is 0.0304. The summed E-state index contributed by atoms with van der Waals surface area (Å²) in [4.78, 5) is 26.3. The second kappa shape index (κ2) is 7.96. The lowest BCUT2D eigenvalue weighted by Crippen LogP contribution is -2.34. The zero-order chi connectivity index (χ0) is 18.7. The fourth-order valence-electron chi connectivity index (χ4n) is 2.94. The van der Waals surface area contributed by atoms with Crippen molar-refractivity contribution < 1.29 is 19.7 Å². The van der Waals surface area contributed by atoms with E-state index < -0.39 is 29.7 Å². The van der Waals surface area contributed by atoms with Crippen molar-refractivity contribution >= 4 is 0 Å². The Bertz CT molecular complexity index is 874. The maximum Gasteiger partial charge on any atom is 0.330 e. The monoisotopic (exact) mass is 362 g/mol. The third-order valence-electron chi connectivity index (χ3n) is 4.51. The van der Waals surface area contributed by atoms with Gasteiger partial charge in [-0.1, -0.05) is 24.3 Å². The molecule has 1 unspecified atom stereocenters. The average molecular weight is 362 g/mol. The van der Waals surface area contributed by atoms with Gasteiger partial charge in [0.1, 0.15) is 12.3 Å². The summed E-state index contributed by atoms with van der Waals surface area (Å²) in [6, 6.07) is 7.78. The number of nitrogens with zero attached hydrogens (tertiary/aromatic N) is 1. The van der Waals surface area contributed by atoms with E-state index in [0.29, 0.717) is 6.61 Å². The lowest BCUT2D eigenvalue weighted by Gasteiger charge is -2.15. The summed E-state index contributed by atoms with van der Waals surface area (Å²) in [6.45, 7) is 2.01. The number of ether oxygens (including phenoxy) is 2. The topological polar surface area (TPSA) is 114 Å². The molecule has 3 N–H and O–H groups in total.